The van der Waals surface area contributed by atoms with Gasteiger partial charge in [0.05, 0.1) is 19.3 Å². The lowest BCUT2D eigenvalue weighted by molar-refractivity contribution is -0.156. The molecule has 0 radical (unpaired) electrons. The van der Waals surface area contributed by atoms with Crippen LogP contribution in [0.4, 0.5) is 0 Å². The Morgan fingerprint density at radius 2 is 2.21 bits per heavy atom. The Hall–Kier alpha value is -1.47. The number of nitrogens with zero attached hydrogens (tertiary/aromatic N) is 4. The summed E-state index contributed by atoms with van der Waals surface area (Å²) >= 11 is 0. The first kappa shape index (κ1) is 17.4. The minimum absolute atomic E-state index is 0.0820. The highest BCUT2D eigenvalue weighted by molar-refractivity contribution is 5.81. The van der Waals surface area contributed by atoms with E-state index in [2.05, 4.69) is 10.2 Å². The van der Waals surface area contributed by atoms with Gasteiger partial charge in [-0.15, -0.1) is 10.2 Å². The van der Waals surface area contributed by atoms with E-state index in [0.717, 1.165) is 18.7 Å². The molecule has 1 aromatic rings. The first-order valence-corrected chi connectivity index (χ1v) is 9.08. The zero-order chi connectivity index (χ0) is 16.9. The highest BCUT2D eigenvalue weighted by atomic mass is 16.5. The topological polar surface area (TPSA) is 69.5 Å². The number of ether oxygens (including phenoxy) is 2. The van der Waals surface area contributed by atoms with Gasteiger partial charge in [-0.2, -0.15) is 0 Å². The molecule has 0 bridgehead atoms. The second-order valence-electron chi connectivity index (χ2n) is 6.74. The number of hydrogen-bond acceptors (Lipinski definition) is 5. The molecule has 0 spiro atoms. The number of hydrogen-bond donors (Lipinski definition) is 0. The van der Waals surface area contributed by atoms with Gasteiger partial charge in [0, 0.05) is 13.6 Å². The van der Waals surface area contributed by atoms with Crippen molar-refractivity contribution >= 4 is 5.91 Å². The van der Waals surface area contributed by atoms with Crippen LogP contribution in [-0.2, 0) is 21.3 Å². The SMILES string of the molecule is CC[C@@H](OC1CCCCC1)C(=O)N1CCO[C@H](c2nncn2C)C1. The molecule has 1 aliphatic carbocycles. The summed E-state index contributed by atoms with van der Waals surface area (Å²) in [5.74, 6) is 0.840. The molecule has 3 rings (SSSR count). The Balaban J connectivity index is 1.60. The molecule has 2 fully saturated rings. The Morgan fingerprint density at radius 3 is 2.88 bits per heavy atom. The van der Waals surface area contributed by atoms with Crippen molar-refractivity contribution in [2.24, 2.45) is 7.05 Å². The largest absolute Gasteiger partial charge is 0.366 e. The van der Waals surface area contributed by atoms with Crippen LogP contribution >= 0.6 is 0 Å². The van der Waals surface area contributed by atoms with Crippen molar-refractivity contribution in [3.63, 3.8) is 0 Å². The first-order chi connectivity index (χ1) is 11.7. The number of aryl methyl sites for hydroxylation is 1. The predicted molar refractivity (Wildman–Crippen MR) is 88.3 cm³/mol. The monoisotopic (exact) mass is 336 g/mol. The van der Waals surface area contributed by atoms with Crippen molar-refractivity contribution in [2.45, 2.75) is 63.8 Å². The van der Waals surface area contributed by atoms with E-state index >= 15 is 0 Å². The third kappa shape index (κ3) is 3.95. The molecule has 7 nitrogen and oxygen atoms in total. The van der Waals surface area contributed by atoms with Gasteiger partial charge in [0.25, 0.3) is 5.91 Å². The zero-order valence-corrected chi connectivity index (χ0v) is 14.7. The van der Waals surface area contributed by atoms with Crippen LogP contribution in [0.3, 0.4) is 0 Å². The maximum Gasteiger partial charge on any atom is 0.251 e. The van der Waals surface area contributed by atoms with Crippen LogP contribution in [-0.4, -0.2) is 57.5 Å². The van der Waals surface area contributed by atoms with Crippen molar-refractivity contribution < 1.29 is 14.3 Å². The van der Waals surface area contributed by atoms with Crippen molar-refractivity contribution in [3.8, 4) is 0 Å². The normalized spacial score (nSPS) is 24.1. The van der Waals surface area contributed by atoms with E-state index in [1.54, 1.807) is 6.33 Å². The van der Waals surface area contributed by atoms with E-state index in [4.69, 9.17) is 9.47 Å². The molecular formula is C17H28N4O3. The Bertz CT molecular complexity index is 542. The van der Waals surface area contributed by atoms with Crippen LogP contribution in [0, 0.1) is 0 Å². The summed E-state index contributed by atoms with van der Waals surface area (Å²) < 4.78 is 13.8. The third-order valence-electron chi connectivity index (χ3n) is 4.97. The van der Waals surface area contributed by atoms with Crippen LogP contribution in [0.25, 0.3) is 0 Å². The molecule has 2 aliphatic rings. The van der Waals surface area contributed by atoms with Crippen LogP contribution in [0.15, 0.2) is 6.33 Å². The van der Waals surface area contributed by atoms with E-state index in [1.807, 2.05) is 23.4 Å². The lowest BCUT2D eigenvalue weighted by atomic mass is 9.97. The Kier molecular flexibility index (Phi) is 5.84. The number of carbonyl (C=O) groups excluding carboxylic acids is 1. The summed E-state index contributed by atoms with van der Waals surface area (Å²) in [6.45, 7) is 3.66. The second kappa shape index (κ2) is 8.07. The molecule has 0 N–H and O–H groups in total. The minimum atomic E-state index is -0.341. The molecule has 1 aromatic heterocycles. The van der Waals surface area contributed by atoms with Crippen molar-refractivity contribution in [1.29, 1.82) is 0 Å². The summed E-state index contributed by atoms with van der Waals surface area (Å²) in [7, 11) is 1.89. The Morgan fingerprint density at radius 1 is 1.42 bits per heavy atom. The van der Waals surface area contributed by atoms with Gasteiger partial charge in [0.15, 0.2) is 5.82 Å². The summed E-state index contributed by atoms with van der Waals surface area (Å²) in [6, 6.07) is 0. The Labute approximate surface area is 143 Å². The molecule has 134 valence electrons. The number of aromatic nitrogens is 3. The molecule has 2 heterocycles. The fourth-order valence-electron chi connectivity index (χ4n) is 3.56. The van der Waals surface area contributed by atoms with E-state index in [1.165, 1.54) is 19.3 Å². The van der Waals surface area contributed by atoms with Gasteiger partial charge in [-0.05, 0) is 19.3 Å². The van der Waals surface area contributed by atoms with Crippen LogP contribution in [0.5, 0.6) is 0 Å². The maximum atomic E-state index is 12.9. The fraction of sp³-hybridized carbons (Fsp3) is 0.824. The van der Waals surface area contributed by atoms with Gasteiger partial charge in [0.2, 0.25) is 0 Å². The molecule has 1 amide bonds. The number of carbonyl (C=O) groups is 1. The van der Waals surface area contributed by atoms with Gasteiger partial charge in [0.1, 0.15) is 18.5 Å². The molecule has 0 unspecified atom stereocenters. The van der Waals surface area contributed by atoms with E-state index in [0.29, 0.717) is 26.1 Å². The molecular weight excluding hydrogens is 308 g/mol. The average Bonchev–Trinajstić information content (AvgIpc) is 3.06. The summed E-state index contributed by atoms with van der Waals surface area (Å²) in [4.78, 5) is 14.8. The van der Waals surface area contributed by atoms with E-state index in [9.17, 15) is 4.79 Å². The minimum Gasteiger partial charge on any atom is -0.366 e. The van der Waals surface area contributed by atoms with Gasteiger partial charge in [-0.1, -0.05) is 26.2 Å². The molecule has 7 heteroatoms. The quantitative estimate of drug-likeness (QED) is 0.821. The molecule has 1 aliphatic heterocycles. The lowest BCUT2D eigenvalue weighted by Gasteiger charge is -2.35. The average molecular weight is 336 g/mol. The molecule has 2 atom stereocenters. The smallest absolute Gasteiger partial charge is 0.251 e. The molecule has 1 saturated carbocycles. The number of morpholine rings is 1. The van der Waals surface area contributed by atoms with Crippen LogP contribution < -0.4 is 0 Å². The summed E-state index contributed by atoms with van der Waals surface area (Å²) in [5.41, 5.74) is 0. The van der Waals surface area contributed by atoms with Crippen molar-refractivity contribution in [2.75, 3.05) is 19.7 Å². The molecule has 24 heavy (non-hydrogen) atoms. The summed E-state index contributed by atoms with van der Waals surface area (Å²) in [6.07, 6.45) is 7.90. The van der Waals surface area contributed by atoms with Crippen LogP contribution in [0.2, 0.25) is 0 Å². The van der Waals surface area contributed by atoms with E-state index in [-0.39, 0.29) is 24.2 Å². The van der Waals surface area contributed by atoms with Gasteiger partial charge in [-0.25, -0.2) is 0 Å². The third-order valence-corrected chi connectivity index (χ3v) is 4.97. The van der Waals surface area contributed by atoms with Gasteiger partial charge in [-0.3, -0.25) is 4.79 Å². The fourth-order valence-corrected chi connectivity index (χ4v) is 3.56. The maximum absolute atomic E-state index is 12.9. The van der Waals surface area contributed by atoms with E-state index < -0.39 is 0 Å². The molecule has 0 aromatic carbocycles. The first-order valence-electron chi connectivity index (χ1n) is 9.08. The highest BCUT2D eigenvalue weighted by Gasteiger charge is 2.32. The van der Waals surface area contributed by atoms with Crippen molar-refractivity contribution in [1.82, 2.24) is 19.7 Å². The van der Waals surface area contributed by atoms with Gasteiger partial charge >= 0.3 is 0 Å². The van der Waals surface area contributed by atoms with Crippen LogP contribution in [0.1, 0.15) is 57.4 Å². The number of amides is 1. The van der Waals surface area contributed by atoms with Gasteiger partial charge < -0.3 is 18.9 Å². The number of rotatable bonds is 5. The standard InChI is InChI=1S/C17H28N4O3/c1-3-14(24-13-7-5-4-6-8-13)17(22)21-9-10-23-15(11-21)16-19-18-12-20(16)2/h12-15H,3-11H2,1-2H3/t14-,15+/m1/s1. The van der Waals surface area contributed by atoms with Crippen molar-refractivity contribution in [3.05, 3.63) is 12.2 Å². The highest BCUT2D eigenvalue weighted by Crippen LogP contribution is 2.25. The molecule has 1 saturated heterocycles. The summed E-state index contributed by atoms with van der Waals surface area (Å²) in [5, 5.41) is 8.01. The predicted octanol–water partition coefficient (Wildman–Crippen LogP) is 1.84. The second-order valence-corrected chi connectivity index (χ2v) is 6.74. The lowest BCUT2D eigenvalue weighted by Crippen LogP contribution is -2.48. The zero-order valence-electron chi connectivity index (χ0n) is 14.7.